The molecule has 1 aromatic carbocycles. The average Bonchev–Trinajstić information content (AvgIpc) is 3.57. The van der Waals surface area contributed by atoms with Gasteiger partial charge in [-0.2, -0.15) is 0 Å². The Morgan fingerprint density at radius 2 is 1.69 bits per heavy atom. The van der Waals surface area contributed by atoms with Crippen molar-refractivity contribution in [3.63, 3.8) is 0 Å². The zero-order valence-corrected chi connectivity index (χ0v) is 31.8. The molecule has 10 atom stereocenters. The maximum Gasteiger partial charge on any atom is 0.311 e. The molecule has 9 heteroatoms. The second kappa shape index (κ2) is 17.5. The van der Waals surface area contributed by atoms with Crippen molar-refractivity contribution in [2.45, 2.75) is 147 Å². The number of carbonyl (C=O) groups is 1. The van der Waals surface area contributed by atoms with Crippen LogP contribution in [0.5, 0.6) is 0 Å². The van der Waals surface area contributed by atoms with Crippen LogP contribution in [-0.2, 0) is 38.3 Å². The number of carbonyl (C=O) groups excluding carboxylic acids is 1. The van der Waals surface area contributed by atoms with Crippen molar-refractivity contribution < 1.29 is 36.9 Å². The molecule has 0 amide bonds. The minimum absolute atomic E-state index is 0.0147. The largest absolute Gasteiger partial charge is 0.465 e. The molecule has 3 fully saturated rings. The van der Waals surface area contributed by atoms with Gasteiger partial charge in [-0.15, -0.1) is 0 Å². The number of ether oxygens (including phenoxy) is 5. The van der Waals surface area contributed by atoms with E-state index in [0.29, 0.717) is 23.8 Å². The highest BCUT2D eigenvalue weighted by Crippen LogP contribution is 2.41. The standard InChI is InChI=1S/C40H62O8S/c1-10-26(2)21-37-38(44-9)33(25-49(42,43)32-16-12-11-13-17-32)36(48-37)24-35-29(5)27(3)22-31(47-35)18-19-34-28(4)23-30(46-34)15-14-20-45-39(41)40(6,7)8/h11-13,16-17,26-27,30-31,33-38H,4-5,10,14-15,18-25H2,1-3,6-9H3/t26-,27-,30+,31?,33+,34+,35-,36+,37-,38-/m1/s1. The van der Waals surface area contributed by atoms with Crippen molar-refractivity contribution >= 4 is 15.8 Å². The first-order valence-electron chi connectivity index (χ1n) is 18.4. The Balaban J connectivity index is 1.37. The number of methoxy groups -OCH3 is 1. The summed E-state index contributed by atoms with van der Waals surface area (Å²) in [6.07, 6.45) is 6.33. The molecule has 0 aliphatic carbocycles. The van der Waals surface area contributed by atoms with Crippen LogP contribution in [0.25, 0.3) is 0 Å². The van der Waals surface area contributed by atoms with Crippen LogP contribution in [0.1, 0.15) is 99.3 Å². The summed E-state index contributed by atoms with van der Waals surface area (Å²) >= 11 is 0. The molecule has 0 saturated carbocycles. The molecule has 3 aliphatic heterocycles. The second-order valence-corrected chi connectivity index (χ2v) is 17.9. The van der Waals surface area contributed by atoms with Crippen molar-refractivity contribution in [3.05, 3.63) is 54.6 Å². The van der Waals surface area contributed by atoms with Crippen molar-refractivity contribution in [2.75, 3.05) is 19.5 Å². The van der Waals surface area contributed by atoms with Gasteiger partial charge < -0.3 is 23.7 Å². The zero-order valence-electron chi connectivity index (χ0n) is 31.0. The molecule has 3 aliphatic rings. The number of esters is 1. The Morgan fingerprint density at radius 3 is 2.35 bits per heavy atom. The molecule has 0 bridgehead atoms. The van der Waals surface area contributed by atoms with Crippen molar-refractivity contribution in [2.24, 2.45) is 23.2 Å². The van der Waals surface area contributed by atoms with E-state index < -0.39 is 15.3 Å². The molecular formula is C40H62O8S. The maximum absolute atomic E-state index is 13.6. The second-order valence-electron chi connectivity index (χ2n) is 15.8. The Morgan fingerprint density at radius 1 is 1.00 bits per heavy atom. The lowest BCUT2D eigenvalue weighted by molar-refractivity contribution is -0.153. The first-order chi connectivity index (χ1) is 23.1. The van der Waals surface area contributed by atoms with Gasteiger partial charge in [0.1, 0.15) is 0 Å². The summed E-state index contributed by atoms with van der Waals surface area (Å²) in [5, 5.41) is 0. The molecule has 0 aromatic heterocycles. The van der Waals surface area contributed by atoms with Gasteiger partial charge in [-0.3, -0.25) is 4.79 Å². The molecule has 1 unspecified atom stereocenters. The van der Waals surface area contributed by atoms with Crippen LogP contribution in [0.2, 0.25) is 0 Å². The van der Waals surface area contributed by atoms with E-state index in [9.17, 15) is 13.2 Å². The van der Waals surface area contributed by atoms with E-state index in [1.165, 1.54) is 0 Å². The van der Waals surface area contributed by atoms with E-state index in [0.717, 1.165) is 62.5 Å². The number of hydrogen-bond donors (Lipinski definition) is 0. The van der Waals surface area contributed by atoms with E-state index in [4.69, 9.17) is 23.7 Å². The summed E-state index contributed by atoms with van der Waals surface area (Å²) in [5.41, 5.74) is 1.66. The van der Waals surface area contributed by atoms with Gasteiger partial charge in [-0.1, -0.05) is 58.5 Å². The van der Waals surface area contributed by atoms with Crippen LogP contribution in [0.15, 0.2) is 59.5 Å². The first kappa shape index (κ1) is 39.7. The van der Waals surface area contributed by atoms with Gasteiger partial charge >= 0.3 is 5.97 Å². The highest BCUT2D eigenvalue weighted by molar-refractivity contribution is 7.91. The lowest BCUT2D eigenvalue weighted by Crippen LogP contribution is -2.40. The number of hydrogen-bond acceptors (Lipinski definition) is 8. The molecule has 0 radical (unpaired) electrons. The van der Waals surface area contributed by atoms with E-state index in [-0.39, 0.29) is 66.3 Å². The monoisotopic (exact) mass is 702 g/mol. The average molecular weight is 703 g/mol. The van der Waals surface area contributed by atoms with E-state index in [1.807, 2.05) is 26.8 Å². The molecule has 3 saturated heterocycles. The molecule has 1 aromatic rings. The Hall–Kier alpha value is -2.04. The van der Waals surface area contributed by atoms with Gasteiger partial charge in [0.25, 0.3) is 0 Å². The predicted molar refractivity (Wildman–Crippen MR) is 193 cm³/mol. The summed E-state index contributed by atoms with van der Waals surface area (Å²) < 4.78 is 58.6. The number of rotatable bonds is 16. The summed E-state index contributed by atoms with van der Waals surface area (Å²) in [4.78, 5) is 12.4. The third-order valence-electron chi connectivity index (χ3n) is 10.8. The van der Waals surface area contributed by atoms with Gasteiger partial charge in [-0.25, -0.2) is 8.42 Å². The van der Waals surface area contributed by atoms with Gasteiger partial charge in [0.05, 0.1) is 65.4 Å². The third-order valence-corrected chi connectivity index (χ3v) is 12.6. The lowest BCUT2D eigenvalue weighted by Gasteiger charge is -2.38. The van der Waals surface area contributed by atoms with Crippen molar-refractivity contribution in [1.29, 1.82) is 0 Å². The lowest BCUT2D eigenvalue weighted by atomic mass is 9.83. The van der Waals surface area contributed by atoms with Gasteiger partial charge in [0.15, 0.2) is 9.84 Å². The van der Waals surface area contributed by atoms with Gasteiger partial charge in [-0.05, 0) is 101 Å². The fraction of sp³-hybridized carbons (Fsp3) is 0.725. The summed E-state index contributed by atoms with van der Waals surface area (Å²) in [5.74, 6) is 0.136. The minimum Gasteiger partial charge on any atom is -0.465 e. The van der Waals surface area contributed by atoms with E-state index in [1.54, 1.807) is 31.4 Å². The fourth-order valence-corrected chi connectivity index (χ4v) is 9.17. The zero-order chi connectivity index (χ0) is 35.9. The van der Waals surface area contributed by atoms with Crippen LogP contribution in [0.4, 0.5) is 0 Å². The highest BCUT2D eigenvalue weighted by Gasteiger charge is 2.48. The van der Waals surface area contributed by atoms with Gasteiger partial charge in [0.2, 0.25) is 0 Å². The summed E-state index contributed by atoms with van der Waals surface area (Å²) in [6.45, 7) is 21.3. The fourth-order valence-electron chi connectivity index (χ4n) is 7.49. The summed E-state index contributed by atoms with van der Waals surface area (Å²) in [6, 6.07) is 8.66. The molecule has 0 spiro atoms. The molecule has 8 nitrogen and oxygen atoms in total. The molecular weight excluding hydrogens is 640 g/mol. The highest BCUT2D eigenvalue weighted by atomic mass is 32.2. The number of benzene rings is 1. The molecule has 0 N–H and O–H groups in total. The van der Waals surface area contributed by atoms with Crippen LogP contribution in [0, 0.1) is 23.2 Å². The smallest absolute Gasteiger partial charge is 0.311 e. The van der Waals surface area contributed by atoms with Crippen molar-refractivity contribution in [3.8, 4) is 0 Å². The number of sulfone groups is 1. The van der Waals surface area contributed by atoms with Crippen LogP contribution < -0.4 is 0 Å². The van der Waals surface area contributed by atoms with Gasteiger partial charge in [0, 0.05) is 19.4 Å². The van der Waals surface area contributed by atoms with Crippen LogP contribution in [-0.4, -0.2) is 76.6 Å². The van der Waals surface area contributed by atoms with E-state index in [2.05, 4.69) is 33.9 Å². The summed E-state index contributed by atoms with van der Waals surface area (Å²) in [7, 11) is -1.90. The molecule has 3 heterocycles. The Labute approximate surface area is 296 Å². The topological polar surface area (TPSA) is 97.4 Å². The Bertz CT molecular complexity index is 1350. The predicted octanol–water partition coefficient (Wildman–Crippen LogP) is 7.90. The normalized spacial score (nSPS) is 31.6. The minimum atomic E-state index is -3.57. The van der Waals surface area contributed by atoms with Crippen molar-refractivity contribution in [1.82, 2.24) is 0 Å². The van der Waals surface area contributed by atoms with Crippen LogP contribution in [0.3, 0.4) is 0 Å². The molecule has 276 valence electrons. The SMILES string of the molecule is C=C1C[C@H](CCCOC(=O)C(C)(C)C)O[C@H]1CCC1C[C@@H](C)C(=C)[C@@H](C[C@@H]2O[C@H](C[C@H](C)CC)[C@H](OC)[C@H]2CS(=O)(=O)c2ccccc2)O1. The molecule has 4 rings (SSSR count). The quantitative estimate of drug-likeness (QED) is 0.0975. The van der Waals surface area contributed by atoms with Crippen LogP contribution >= 0.6 is 0 Å². The third kappa shape index (κ3) is 10.7. The van der Waals surface area contributed by atoms with E-state index >= 15 is 0 Å². The first-order valence-corrected chi connectivity index (χ1v) is 20.1. The Kier molecular flexibility index (Phi) is 14.2. The molecule has 49 heavy (non-hydrogen) atoms. The maximum atomic E-state index is 13.6.